The Bertz CT molecular complexity index is 714. The average molecular weight is 730 g/mol. The number of hydrogen-bond donors (Lipinski definition) is 0. The van der Waals surface area contributed by atoms with Crippen molar-refractivity contribution in [1.82, 2.24) is 0 Å². The predicted molar refractivity (Wildman–Crippen MR) is 113 cm³/mol. The normalized spacial score (nSPS) is 10.3. The summed E-state index contributed by atoms with van der Waals surface area (Å²) in [5.41, 5.74) is 0.793. The van der Waals surface area contributed by atoms with Gasteiger partial charge in [-0.1, -0.05) is 18.2 Å². The molecule has 108 valence electrons. The smallest absolute Gasteiger partial charge is 0.348 e. The van der Waals surface area contributed by atoms with Crippen LogP contribution in [0.15, 0.2) is 36.4 Å². The van der Waals surface area contributed by atoms with Gasteiger partial charge in [-0.15, -0.1) is 0 Å². The standard InChI is InChI=1S/C14H6I4O3/c15-8-6-9(16)11(17)12(18)10(8)14(20)21-13(19)7-4-2-1-3-5-7/h1-6H. The van der Waals surface area contributed by atoms with Gasteiger partial charge in [-0.3, -0.25) is 0 Å². The van der Waals surface area contributed by atoms with E-state index in [4.69, 9.17) is 4.74 Å². The molecule has 0 aliphatic rings. The van der Waals surface area contributed by atoms with E-state index in [2.05, 4.69) is 90.4 Å². The molecule has 0 spiro atoms. The highest BCUT2D eigenvalue weighted by Gasteiger charge is 2.22. The highest BCUT2D eigenvalue weighted by atomic mass is 127. The van der Waals surface area contributed by atoms with Crippen LogP contribution in [-0.4, -0.2) is 11.9 Å². The number of carbonyl (C=O) groups excluding carboxylic acids is 2. The van der Waals surface area contributed by atoms with Crippen LogP contribution in [0.1, 0.15) is 20.7 Å². The van der Waals surface area contributed by atoms with Crippen molar-refractivity contribution in [2.45, 2.75) is 0 Å². The molecule has 21 heavy (non-hydrogen) atoms. The van der Waals surface area contributed by atoms with Crippen LogP contribution in [0.3, 0.4) is 0 Å². The fourth-order valence-electron chi connectivity index (χ4n) is 1.52. The first-order valence-electron chi connectivity index (χ1n) is 5.56. The molecule has 3 nitrogen and oxygen atoms in total. The minimum absolute atomic E-state index is 0.357. The van der Waals surface area contributed by atoms with Gasteiger partial charge in [0, 0.05) is 14.3 Å². The van der Waals surface area contributed by atoms with Crippen LogP contribution >= 0.6 is 90.4 Å². The number of rotatable bonds is 2. The molecule has 0 bridgehead atoms. The molecule has 0 radical (unpaired) electrons. The Morgan fingerprint density at radius 3 is 2.05 bits per heavy atom. The van der Waals surface area contributed by atoms with Crippen molar-refractivity contribution in [2.75, 3.05) is 0 Å². The van der Waals surface area contributed by atoms with Crippen molar-refractivity contribution in [3.05, 3.63) is 61.8 Å². The lowest BCUT2D eigenvalue weighted by Gasteiger charge is -2.10. The van der Waals surface area contributed by atoms with E-state index in [0.29, 0.717) is 11.1 Å². The second kappa shape index (κ2) is 7.86. The Labute approximate surface area is 176 Å². The van der Waals surface area contributed by atoms with Crippen molar-refractivity contribution in [3.8, 4) is 0 Å². The van der Waals surface area contributed by atoms with Crippen LogP contribution in [0.2, 0.25) is 0 Å². The molecule has 2 aromatic rings. The molecular weight excluding hydrogens is 724 g/mol. The summed E-state index contributed by atoms with van der Waals surface area (Å²) in [7, 11) is 0. The van der Waals surface area contributed by atoms with Crippen LogP contribution in [0.4, 0.5) is 0 Å². The molecule has 0 aliphatic carbocycles. The largest absolute Gasteiger partial charge is 0.386 e. The van der Waals surface area contributed by atoms with E-state index in [-0.39, 0.29) is 0 Å². The SMILES string of the molecule is O=C(OC(=O)c1c(I)cc(I)c(I)c1I)c1ccccc1. The summed E-state index contributed by atoms with van der Waals surface area (Å²) in [5.74, 6) is -1.26. The minimum Gasteiger partial charge on any atom is -0.386 e. The van der Waals surface area contributed by atoms with Gasteiger partial charge in [0.25, 0.3) is 0 Å². The molecule has 2 aromatic carbocycles. The summed E-state index contributed by atoms with van der Waals surface area (Å²) < 4.78 is 8.60. The Morgan fingerprint density at radius 2 is 1.43 bits per heavy atom. The van der Waals surface area contributed by atoms with Gasteiger partial charge < -0.3 is 4.74 Å². The Morgan fingerprint density at radius 1 is 0.810 bits per heavy atom. The maximum absolute atomic E-state index is 12.3. The lowest BCUT2D eigenvalue weighted by atomic mass is 10.2. The molecule has 0 aromatic heterocycles. The van der Waals surface area contributed by atoms with Gasteiger partial charge in [-0.05, 0) is 109 Å². The van der Waals surface area contributed by atoms with Crippen molar-refractivity contribution in [3.63, 3.8) is 0 Å². The van der Waals surface area contributed by atoms with E-state index in [1.165, 1.54) is 0 Å². The Hall–Kier alpha value is 0.500. The fourth-order valence-corrected chi connectivity index (χ4v) is 5.76. The maximum Gasteiger partial charge on any atom is 0.348 e. The van der Waals surface area contributed by atoms with Gasteiger partial charge >= 0.3 is 11.9 Å². The second-order valence-electron chi connectivity index (χ2n) is 3.89. The van der Waals surface area contributed by atoms with E-state index in [1.807, 2.05) is 6.07 Å². The van der Waals surface area contributed by atoms with Crippen LogP contribution in [0.25, 0.3) is 0 Å². The van der Waals surface area contributed by atoms with Crippen molar-refractivity contribution < 1.29 is 14.3 Å². The monoisotopic (exact) mass is 730 g/mol. The van der Waals surface area contributed by atoms with Gasteiger partial charge in [0.2, 0.25) is 0 Å². The average Bonchev–Trinajstić information content (AvgIpc) is 2.45. The molecule has 0 atom stereocenters. The predicted octanol–water partition coefficient (Wildman–Crippen LogP) is 5.10. The summed E-state index contributed by atoms with van der Waals surface area (Å²) in [5, 5.41) is 0. The van der Waals surface area contributed by atoms with Crippen LogP contribution in [0, 0.1) is 14.3 Å². The quantitative estimate of drug-likeness (QED) is 0.142. The van der Waals surface area contributed by atoms with Gasteiger partial charge in [0.1, 0.15) is 0 Å². The van der Waals surface area contributed by atoms with E-state index in [1.54, 1.807) is 30.3 Å². The van der Waals surface area contributed by atoms with Gasteiger partial charge in [0.15, 0.2) is 0 Å². The molecule has 0 amide bonds. The summed E-state index contributed by atoms with van der Waals surface area (Å²) in [6, 6.07) is 10.4. The minimum atomic E-state index is -0.638. The molecule has 0 saturated heterocycles. The van der Waals surface area contributed by atoms with E-state index < -0.39 is 11.9 Å². The maximum atomic E-state index is 12.3. The molecular formula is C14H6I4O3. The number of esters is 2. The Kier molecular flexibility index (Phi) is 6.68. The van der Waals surface area contributed by atoms with Gasteiger partial charge in [-0.25, -0.2) is 9.59 Å². The third kappa shape index (κ3) is 4.28. The zero-order valence-electron chi connectivity index (χ0n) is 10.2. The van der Waals surface area contributed by atoms with E-state index >= 15 is 0 Å². The fraction of sp³-hybridized carbons (Fsp3) is 0. The highest BCUT2D eigenvalue weighted by molar-refractivity contribution is 14.1. The lowest BCUT2D eigenvalue weighted by molar-refractivity contribution is 0.0396. The van der Waals surface area contributed by atoms with Gasteiger partial charge in [-0.2, -0.15) is 0 Å². The zero-order valence-corrected chi connectivity index (χ0v) is 18.8. The third-order valence-corrected chi connectivity index (χ3v) is 8.48. The number of benzene rings is 2. The molecule has 0 unspecified atom stereocenters. The lowest BCUT2D eigenvalue weighted by Crippen LogP contribution is -2.16. The zero-order chi connectivity index (χ0) is 15.6. The topological polar surface area (TPSA) is 43.4 Å². The molecule has 0 fully saturated rings. The molecule has 2 rings (SSSR count). The number of halogens is 4. The molecule has 0 heterocycles. The van der Waals surface area contributed by atoms with Crippen LogP contribution in [0.5, 0.6) is 0 Å². The molecule has 0 saturated carbocycles. The van der Waals surface area contributed by atoms with Crippen LogP contribution in [-0.2, 0) is 4.74 Å². The number of hydrogen-bond acceptors (Lipinski definition) is 3. The van der Waals surface area contributed by atoms with Crippen molar-refractivity contribution in [2.24, 2.45) is 0 Å². The van der Waals surface area contributed by atoms with E-state index in [0.717, 1.165) is 14.3 Å². The summed E-state index contributed by atoms with van der Waals surface area (Å²) in [6.45, 7) is 0. The van der Waals surface area contributed by atoms with Crippen LogP contribution < -0.4 is 0 Å². The summed E-state index contributed by atoms with van der Waals surface area (Å²) in [6.07, 6.45) is 0. The summed E-state index contributed by atoms with van der Waals surface area (Å²) in [4.78, 5) is 24.2. The number of ether oxygens (including phenoxy) is 1. The second-order valence-corrected chi connectivity index (χ2v) is 8.37. The van der Waals surface area contributed by atoms with Crippen molar-refractivity contribution in [1.29, 1.82) is 0 Å². The Balaban J connectivity index is 2.30. The number of carbonyl (C=O) groups is 2. The first-order valence-corrected chi connectivity index (χ1v) is 9.88. The van der Waals surface area contributed by atoms with E-state index in [9.17, 15) is 9.59 Å². The first kappa shape index (κ1) is 17.8. The van der Waals surface area contributed by atoms with Crippen molar-refractivity contribution >= 4 is 102 Å². The first-order chi connectivity index (χ1) is 9.91. The molecule has 7 heteroatoms. The highest BCUT2D eigenvalue weighted by Crippen LogP contribution is 2.29. The molecule has 0 aliphatic heterocycles. The van der Waals surface area contributed by atoms with Gasteiger partial charge in [0.05, 0.1) is 11.1 Å². The summed E-state index contributed by atoms with van der Waals surface area (Å²) >= 11 is 8.58. The third-order valence-electron chi connectivity index (χ3n) is 2.51. The molecule has 0 N–H and O–H groups in total.